The normalized spacial score (nSPS) is 15.7. The highest BCUT2D eigenvalue weighted by atomic mass is 32.2. The van der Waals surface area contributed by atoms with E-state index in [4.69, 9.17) is 4.74 Å². The molecule has 1 aliphatic heterocycles. The molecule has 1 heterocycles. The van der Waals surface area contributed by atoms with E-state index in [-0.39, 0.29) is 11.7 Å². The van der Waals surface area contributed by atoms with Gasteiger partial charge in [0.25, 0.3) is 0 Å². The van der Waals surface area contributed by atoms with Crippen LogP contribution in [-0.2, 0) is 14.6 Å². The Hall–Kier alpha value is -2.12. The van der Waals surface area contributed by atoms with Crippen molar-refractivity contribution >= 4 is 26.5 Å². The van der Waals surface area contributed by atoms with Crippen molar-refractivity contribution in [2.45, 2.75) is 12.8 Å². The third kappa shape index (κ3) is 5.94. The van der Waals surface area contributed by atoms with E-state index < -0.39 is 9.84 Å². The minimum atomic E-state index is -2.94. The predicted molar refractivity (Wildman–Crippen MR) is 111 cm³/mol. The first-order chi connectivity index (χ1) is 13.4. The van der Waals surface area contributed by atoms with Crippen molar-refractivity contribution in [2.75, 3.05) is 51.3 Å². The Kier molecular flexibility index (Phi) is 6.91. The number of nitrogens with zero attached hydrogens (tertiary/aromatic N) is 2. The molecule has 0 spiro atoms. The van der Waals surface area contributed by atoms with Crippen LogP contribution in [0.2, 0.25) is 0 Å². The number of piperazine rings is 1. The standard InChI is InChI=1S/C21H28N2O4S/c1-28(25,26)17-15-22-11-13-23(14-12-22)21(24)10-5-16-27-20-9-4-7-18-6-2-3-8-19(18)20/h2-4,6-9H,5,10-17H2,1H3. The summed E-state index contributed by atoms with van der Waals surface area (Å²) in [6.45, 7) is 3.83. The first-order valence-corrected chi connectivity index (χ1v) is 11.8. The van der Waals surface area contributed by atoms with E-state index >= 15 is 0 Å². The van der Waals surface area contributed by atoms with Crippen LogP contribution in [0.5, 0.6) is 5.75 Å². The molecule has 6 nitrogen and oxygen atoms in total. The summed E-state index contributed by atoms with van der Waals surface area (Å²) < 4.78 is 28.4. The Morgan fingerprint density at radius 3 is 2.50 bits per heavy atom. The zero-order valence-electron chi connectivity index (χ0n) is 16.3. The average molecular weight is 405 g/mol. The molecule has 0 radical (unpaired) electrons. The highest BCUT2D eigenvalue weighted by Crippen LogP contribution is 2.25. The monoisotopic (exact) mass is 404 g/mol. The van der Waals surface area contributed by atoms with E-state index in [0.29, 0.717) is 39.1 Å². The molecule has 7 heteroatoms. The molecule has 3 rings (SSSR count). The number of carbonyl (C=O) groups is 1. The number of ether oxygens (including phenoxy) is 1. The Labute approximate surface area is 167 Å². The van der Waals surface area contributed by atoms with Crippen LogP contribution in [0.1, 0.15) is 12.8 Å². The molecule has 0 aromatic heterocycles. The van der Waals surface area contributed by atoms with Gasteiger partial charge in [-0.05, 0) is 17.9 Å². The van der Waals surface area contributed by atoms with Crippen molar-refractivity contribution in [3.05, 3.63) is 42.5 Å². The van der Waals surface area contributed by atoms with Gasteiger partial charge in [0.05, 0.1) is 12.4 Å². The smallest absolute Gasteiger partial charge is 0.222 e. The van der Waals surface area contributed by atoms with Crippen LogP contribution >= 0.6 is 0 Å². The predicted octanol–water partition coefficient (Wildman–Crippen LogP) is 2.19. The average Bonchev–Trinajstić information content (AvgIpc) is 2.69. The number of fused-ring (bicyclic) bond motifs is 1. The van der Waals surface area contributed by atoms with Gasteiger partial charge < -0.3 is 9.64 Å². The minimum Gasteiger partial charge on any atom is -0.493 e. The Morgan fingerprint density at radius 2 is 1.75 bits per heavy atom. The molecule has 152 valence electrons. The maximum absolute atomic E-state index is 12.4. The highest BCUT2D eigenvalue weighted by Gasteiger charge is 2.21. The molecule has 28 heavy (non-hydrogen) atoms. The second-order valence-electron chi connectivity index (χ2n) is 7.28. The second-order valence-corrected chi connectivity index (χ2v) is 9.54. The van der Waals surface area contributed by atoms with Gasteiger partial charge in [-0.15, -0.1) is 0 Å². The first kappa shape index (κ1) is 20.6. The fraction of sp³-hybridized carbons (Fsp3) is 0.476. The number of hydrogen-bond acceptors (Lipinski definition) is 5. The van der Waals surface area contributed by atoms with Crippen LogP contribution in [-0.4, -0.2) is 75.5 Å². The maximum atomic E-state index is 12.4. The summed E-state index contributed by atoms with van der Waals surface area (Å²) in [6, 6.07) is 14.1. The molecule has 0 aliphatic carbocycles. The van der Waals surface area contributed by atoms with Crippen LogP contribution in [0.4, 0.5) is 0 Å². The molecule has 1 amide bonds. The van der Waals surface area contributed by atoms with E-state index in [1.165, 1.54) is 6.26 Å². The lowest BCUT2D eigenvalue weighted by molar-refractivity contribution is -0.133. The fourth-order valence-electron chi connectivity index (χ4n) is 3.40. The van der Waals surface area contributed by atoms with Crippen molar-refractivity contribution in [1.82, 2.24) is 9.80 Å². The van der Waals surface area contributed by atoms with E-state index in [1.54, 1.807) is 0 Å². The van der Waals surface area contributed by atoms with Gasteiger partial charge in [0, 0.05) is 50.8 Å². The lowest BCUT2D eigenvalue weighted by atomic mass is 10.1. The zero-order chi connectivity index (χ0) is 20.0. The van der Waals surface area contributed by atoms with Crippen molar-refractivity contribution in [3.8, 4) is 5.75 Å². The summed E-state index contributed by atoms with van der Waals surface area (Å²) in [6.07, 6.45) is 2.40. The molecule has 0 N–H and O–H groups in total. The van der Waals surface area contributed by atoms with Crippen LogP contribution in [0.3, 0.4) is 0 Å². The maximum Gasteiger partial charge on any atom is 0.222 e. The summed E-state index contributed by atoms with van der Waals surface area (Å²) in [5.74, 6) is 1.17. The fourth-order valence-corrected chi connectivity index (χ4v) is 3.99. The second kappa shape index (κ2) is 9.39. The van der Waals surface area contributed by atoms with Gasteiger partial charge in [-0.3, -0.25) is 9.69 Å². The van der Waals surface area contributed by atoms with Gasteiger partial charge in [0.2, 0.25) is 5.91 Å². The molecule has 0 bridgehead atoms. The van der Waals surface area contributed by atoms with Gasteiger partial charge in [0.1, 0.15) is 15.6 Å². The molecule has 0 unspecified atom stereocenters. The SMILES string of the molecule is CS(=O)(=O)CCN1CCN(C(=O)CCCOc2cccc3ccccc23)CC1. The van der Waals surface area contributed by atoms with Crippen molar-refractivity contribution in [2.24, 2.45) is 0 Å². The van der Waals surface area contributed by atoms with Crippen molar-refractivity contribution < 1.29 is 17.9 Å². The number of amides is 1. The minimum absolute atomic E-state index is 0.143. The van der Waals surface area contributed by atoms with Gasteiger partial charge >= 0.3 is 0 Å². The Bertz CT molecular complexity index is 900. The first-order valence-electron chi connectivity index (χ1n) is 9.71. The molecule has 0 saturated carbocycles. The molecular weight excluding hydrogens is 376 g/mol. The van der Waals surface area contributed by atoms with Gasteiger partial charge in [0.15, 0.2) is 0 Å². The number of rotatable bonds is 8. The van der Waals surface area contributed by atoms with E-state index in [0.717, 1.165) is 29.6 Å². The number of carbonyl (C=O) groups excluding carboxylic acids is 1. The van der Waals surface area contributed by atoms with Gasteiger partial charge in [-0.2, -0.15) is 0 Å². The van der Waals surface area contributed by atoms with Gasteiger partial charge in [-0.1, -0.05) is 36.4 Å². The van der Waals surface area contributed by atoms with Crippen LogP contribution in [0, 0.1) is 0 Å². The number of sulfone groups is 1. The third-order valence-electron chi connectivity index (χ3n) is 5.05. The van der Waals surface area contributed by atoms with Crippen LogP contribution in [0.15, 0.2) is 42.5 Å². The zero-order valence-corrected chi connectivity index (χ0v) is 17.2. The lowest BCUT2D eigenvalue weighted by Crippen LogP contribution is -2.49. The lowest BCUT2D eigenvalue weighted by Gasteiger charge is -2.34. The summed E-state index contributed by atoms with van der Waals surface area (Å²) in [7, 11) is -2.94. The molecule has 1 aliphatic rings. The summed E-state index contributed by atoms with van der Waals surface area (Å²) in [5.41, 5.74) is 0. The molecule has 0 atom stereocenters. The highest BCUT2D eigenvalue weighted by molar-refractivity contribution is 7.90. The summed E-state index contributed by atoms with van der Waals surface area (Å²) in [5, 5.41) is 2.23. The van der Waals surface area contributed by atoms with E-state index in [9.17, 15) is 13.2 Å². The molecule has 2 aromatic rings. The quantitative estimate of drug-likeness (QED) is 0.631. The number of hydrogen-bond donors (Lipinski definition) is 0. The molecular formula is C21H28N2O4S. The van der Waals surface area contributed by atoms with E-state index in [2.05, 4.69) is 17.0 Å². The summed E-state index contributed by atoms with van der Waals surface area (Å²) >= 11 is 0. The summed E-state index contributed by atoms with van der Waals surface area (Å²) in [4.78, 5) is 16.4. The molecule has 1 fully saturated rings. The third-order valence-corrected chi connectivity index (χ3v) is 5.97. The largest absolute Gasteiger partial charge is 0.493 e. The molecule has 2 aromatic carbocycles. The Balaban J connectivity index is 1.38. The van der Waals surface area contributed by atoms with Gasteiger partial charge in [-0.25, -0.2) is 8.42 Å². The van der Waals surface area contributed by atoms with Crippen LogP contribution < -0.4 is 4.74 Å². The molecule has 1 saturated heterocycles. The number of benzene rings is 2. The van der Waals surface area contributed by atoms with Crippen LogP contribution in [0.25, 0.3) is 10.8 Å². The van der Waals surface area contributed by atoms with E-state index in [1.807, 2.05) is 35.2 Å². The Morgan fingerprint density at radius 1 is 1.04 bits per heavy atom. The van der Waals surface area contributed by atoms with Crippen molar-refractivity contribution in [3.63, 3.8) is 0 Å². The van der Waals surface area contributed by atoms with Crippen molar-refractivity contribution in [1.29, 1.82) is 0 Å². The topological polar surface area (TPSA) is 66.9 Å².